The zero-order valence-electron chi connectivity index (χ0n) is 12.3. The number of sulfonamides is 1. The van der Waals surface area contributed by atoms with Crippen molar-refractivity contribution in [3.63, 3.8) is 0 Å². The summed E-state index contributed by atoms with van der Waals surface area (Å²) >= 11 is 1.01. The summed E-state index contributed by atoms with van der Waals surface area (Å²) in [5, 5.41) is 1.52. The van der Waals surface area contributed by atoms with Crippen LogP contribution in [0.15, 0.2) is 16.3 Å². The highest BCUT2D eigenvalue weighted by atomic mass is 32.2. The van der Waals surface area contributed by atoms with Crippen molar-refractivity contribution in [2.75, 3.05) is 34.5 Å². The van der Waals surface area contributed by atoms with Gasteiger partial charge in [-0.3, -0.25) is 0 Å². The van der Waals surface area contributed by atoms with Gasteiger partial charge >= 0.3 is 5.97 Å². The monoisotopic (exact) mass is 337 g/mol. The third-order valence-corrected chi connectivity index (χ3v) is 5.34. The van der Waals surface area contributed by atoms with Crippen molar-refractivity contribution in [3.05, 3.63) is 16.3 Å². The summed E-state index contributed by atoms with van der Waals surface area (Å²) in [5.74, 6) is -0.684. The zero-order valence-corrected chi connectivity index (χ0v) is 14.0. The standard InChI is InChI=1S/C12H19NO6S2/c1-12(19-4,8-17-2)7-13-21(15,16)9-5-6-20-10(9)11(14)18-3/h5-6,13H,7-8H2,1-4H3. The van der Waals surface area contributed by atoms with E-state index in [2.05, 4.69) is 9.46 Å². The Morgan fingerprint density at radius 3 is 2.57 bits per heavy atom. The van der Waals surface area contributed by atoms with Gasteiger partial charge in [0.2, 0.25) is 10.0 Å². The molecule has 120 valence electrons. The van der Waals surface area contributed by atoms with Crippen LogP contribution >= 0.6 is 11.3 Å². The molecule has 0 radical (unpaired) electrons. The molecular weight excluding hydrogens is 318 g/mol. The molecule has 1 aromatic heterocycles. The van der Waals surface area contributed by atoms with Gasteiger partial charge in [0.25, 0.3) is 0 Å². The molecule has 0 aliphatic rings. The first-order valence-electron chi connectivity index (χ1n) is 5.99. The van der Waals surface area contributed by atoms with Crippen LogP contribution in [0.5, 0.6) is 0 Å². The van der Waals surface area contributed by atoms with Crippen molar-refractivity contribution in [2.45, 2.75) is 17.4 Å². The average Bonchev–Trinajstić information content (AvgIpc) is 2.95. The van der Waals surface area contributed by atoms with Gasteiger partial charge in [0, 0.05) is 20.8 Å². The molecule has 0 amide bonds. The Morgan fingerprint density at radius 2 is 2.05 bits per heavy atom. The first kappa shape index (κ1) is 18.1. The number of carbonyl (C=O) groups is 1. The predicted molar refractivity (Wildman–Crippen MR) is 78.1 cm³/mol. The lowest BCUT2D eigenvalue weighted by molar-refractivity contribution is -0.0460. The molecule has 0 saturated carbocycles. The molecule has 1 aromatic rings. The number of ether oxygens (including phenoxy) is 3. The van der Waals surface area contributed by atoms with Gasteiger partial charge in [0.15, 0.2) is 0 Å². The molecule has 1 atom stereocenters. The number of rotatable bonds is 8. The molecule has 0 fully saturated rings. The maximum Gasteiger partial charge on any atom is 0.349 e. The van der Waals surface area contributed by atoms with E-state index in [1.54, 1.807) is 6.92 Å². The highest BCUT2D eigenvalue weighted by Gasteiger charge is 2.29. The zero-order chi connectivity index (χ0) is 16.1. The lowest BCUT2D eigenvalue weighted by Gasteiger charge is -2.27. The normalized spacial score (nSPS) is 14.7. The molecule has 0 aromatic carbocycles. The van der Waals surface area contributed by atoms with Crippen molar-refractivity contribution in [1.29, 1.82) is 0 Å². The van der Waals surface area contributed by atoms with E-state index < -0.39 is 21.6 Å². The van der Waals surface area contributed by atoms with E-state index in [1.165, 1.54) is 32.8 Å². The van der Waals surface area contributed by atoms with Gasteiger partial charge in [0.1, 0.15) is 15.4 Å². The SMILES string of the molecule is COCC(C)(CNS(=O)(=O)c1ccsc1C(=O)OC)OC. The number of hydrogen-bond donors (Lipinski definition) is 1. The van der Waals surface area contributed by atoms with Gasteiger partial charge in [-0.1, -0.05) is 0 Å². The summed E-state index contributed by atoms with van der Waals surface area (Å²) in [5.41, 5.74) is -0.802. The van der Waals surface area contributed by atoms with Gasteiger partial charge in [-0.05, 0) is 18.4 Å². The van der Waals surface area contributed by atoms with Crippen LogP contribution < -0.4 is 4.72 Å². The van der Waals surface area contributed by atoms with Gasteiger partial charge in [0.05, 0.1) is 13.7 Å². The molecule has 7 nitrogen and oxygen atoms in total. The minimum atomic E-state index is -3.84. The van der Waals surface area contributed by atoms with Crippen LogP contribution in [-0.2, 0) is 24.2 Å². The number of thiophene rings is 1. The predicted octanol–water partition coefficient (Wildman–Crippen LogP) is 0.864. The van der Waals surface area contributed by atoms with Gasteiger partial charge in [-0.25, -0.2) is 17.9 Å². The summed E-state index contributed by atoms with van der Waals surface area (Å²) in [6, 6.07) is 1.36. The van der Waals surface area contributed by atoms with E-state index >= 15 is 0 Å². The van der Waals surface area contributed by atoms with Crippen molar-refractivity contribution >= 4 is 27.3 Å². The van der Waals surface area contributed by atoms with E-state index in [0.717, 1.165) is 11.3 Å². The fourth-order valence-electron chi connectivity index (χ4n) is 1.56. The topological polar surface area (TPSA) is 90.9 Å². The molecule has 0 saturated heterocycles. The summed E-state index contributed by atoms with van der Waals surface area (Å²) < 4.78 is 41.8. The van der Waals surface area contributed by atoms with E-state index in [1.807, 2.05) is 0 Å². The van der Waals surface area contributed by atoms with Crippen LogP contribution in [0, 0.1) is 0 Å². The number of hydrogen-bond acceptors (Lipinski definition) is 7. The largest absolute Gasteiger partial charge is 0.465 e. The highest BCUT2D eigenvalue weighted by molar-refractivity contribution is 7.89. The van der Waals surface area contributed by atoms with E-state index in [0.29, 0.717) is 0 Å². The third kappa shape index (κ3) is 4.48. The second-order valence-corrected chi connectivity index (χ2v) is 7.17. The first-order valence-corrected chi connectivity index (χ1v) is 8.35. The molecule has 0 aliphatic carbocycles. The first-order chi connectivity index (χ1) is 9.79. The van der Waals surface area contributed by atoms with Crippen LogP contribution in [0.1, 0.15) is 16.6 Å². The molecule has 0 spiro atoms. The van der Waals surface area contributed by atoms with Crippen molar-refractivity contribution in [1.82, 2.24) is 4.72 Å². The van der Waals surface area contributed by atoms with Crippen LogP contribution in [0.2, 0.25) is 0 Å². The van der Waals surface area contributed by atoms with Crippen LogP contribution in [0.25, 0.3) is 0 Å². The Bertz CT molecular complexity index is 582. The molecule has 1 unspecified atom stereocenters. The van der Waals surface area contributed by atoms with E-state index in [4.69, 9.17) is 9.47 Å². The summed E-state index contributed by atoms with van der Waals surface area (Å²) in [6.45, 7) is 1.95. The fraction of sp³-hybridized carbons (Fsp3) is 0.583. The minimum Gasteiger partial charge on any atom is -0.465 e. The van der Waals surface area contributed by atoms with Crippen LogP contribution in [0.4, 0.5) is 0 Å². The van der Waals surface area contributed by atoms with Gasteiger partial charge in [-0.2, -0.15) is 0 Å². The second-order valence-electron chi connectivity index (χ2n) is 4.52. The molecule has 0 bridgehead atoms. The Hall–Kier alpha value is -1.00. The molecule has 1 N–H and O–H groups in total. The quantitative estimate of drug-likeness (QED) is 0.708. The fourth-order valence-corrected chi connectivity index (χ4v) is 4.05. The summed E-state index contributed by atoms with van der Waals surface area (Å²) in [4.78, 5) is 11.5. The Kier molecular flexibility index (Phi) is 6.29. The molecular formula is C12H19NO6S2. The molecule has 0 aliphatic heterocycles. The Balaban J connectivity index is 2.93. The molecule has 1 heterocycles. The van der Waals surface area contributed by atoms with Crippen molar-refractivity contribution in [2.24, 2.45) is 0 Å². The third-order valence-electron chi connectivity index (χ3n) is 2.87. The minimum absolute atomic E-state index is 0.0101. The highest BCUT2D eigenvalue weighted by Crippen LogP contribution is 2.23. The van der Waals surface area contributed by atoms with Crippen LogP contribution in [0.3, 0.4) is 0 Å². The molecule has 21 heavy (non-hydrogen) atoms. The average molecular weight is 337 g/mol. The number of carbonyl (C=O) groups excluding carboxylic acids is 1. The maximum atomic E-state index is 12.3. The van der Waals surface area contributed by atoms with E-state index in [-0.39, 0.29) is 22.9 Å². The van der Waals surface area contributed by atoms with E-state index in [9.17, 15) is 13.2 Å². The summed E-state index contributed by atoms with van der Waals surface area (Å²) in [6.07, 6.45) is 0. The van der Waals surface area contributed by atoms with Crippen molar-refractivity contribution < 1.29 is 27.4 Å². The lowest BCUT2D eigenvalue weighted by Crippen LogP contribution is -2.45. The van der Waals surface area contributed by atoms with Crippen LogP contribution in [-0.4, -0.2) is 54.5 Å². The molecule has 9 heteroatoms. The van der Waals surface area contributed by atoms with Gasteiger partial charge in [-0.15, -0.1) is 11.3 Å². The Morgan fingerprint density at radius 1 is 1.38 bits per heavy atom. The summed E-state index contributed by atoms with van der Waals surface area (Å²) in [7, 11) is 0.331. The number of esters is 1. The maximum absolute atomic E-state index is 12.3. The number of methoxy groups -OCH3 is 3. The second kappa shape index (κ2) is 7.32. The van der Waals surface area contributed by atoms with Gasteiger partial charge < -0.3 is 14.2 Å². The smallest absolute Gasteiger partial charge is 0.349 e. The Labute approximate surface area is 128 Å². The number of nitrogens with one attached hydrogen (secondary N) is 1. The molecule has 1 rings (SSSR count). The lowest BCUT2D eigenvalue weighted by atomic mass is 10.1. The van der Waals surface area contributed by atoms with Crippen molar-refractivity contribution in [3.8, 4) is 0 Å².